The minimum atomic E-state index is -1.12. The van der Waals surface area contributed by atoms with Gasteiger partial charge >= 0.3 is 18.3 Å². The maximum absolute atomic E-state index is 12.0. The van der Waals surface area contributed by atoms with E-state index in [1.807, 2.05) is 20.8 Å². The Hall–Kier alpha value is -3.04. The van der Waals surface area contributed by atoms with Crippen molar-refractivity contribution in [2.45, 2.75) is 65.0 Å². The topological polar surface area (TPSA) is 131 Å². The molecule has 1 aromatic heterocycles. The van der Waals surface area contributed by atoms with Crippen molar-refractivity contribution in [1.29, 1.82) is 0 Å². The van der Waals surface area contributed by atoms with E-state index in [-0.39, 0.29) is 17.4 Å². The molecule has 10 heteroatoms. The van der Waals surface area contributed by atoms with E-state index in [0.717, 1.165) is 35.8 Å². The molecule has 3 N–H and O–H groups in total. The number of amides is 2. The van der Waals surface area contributed by atoms with Crippen LogP contribution in [0, 0.1) is 18.3 Å². The van der Waals surface area contributed by atoms with Gasteiger partial charge in [-0.15, -0.1) is 0 Å². The fraction of sp³-hybridized carbons (Fsp3) is 0.619. The summed E-state index contributed by atoms with van der Waals surface area (Å²) in [5.74, 6) is -0.00803. The van der Waals surface area contributed by atoms with E-state index in [4.69, 9.17) is 4.74 Å². The molecule has 31 heavy (non-hydrogen) atoms. The van der Waals surface area contributed by atoms with Crippen molar-refractivity contribution in [3.8, 4) is 0 Å². The number of nitrogens with one attached hydrogen (secondary N) is 2. The number of hydrogen-bond donors (Lipinski definition) is 3. The minimum absolute atomic E-state index is 0.00803. The summed E-state index contributed by atoms with van der Waals surface area (Å²) in [7, 11) is 1.24. The van der Waals surface area contributed by atoms with E-state index in [1.54, 1.807) is 13.0 Å². The Kier molecular flexibility index (Phi) is 6.02. The lowest BCUT2D eigenvalue weighted by atomic mass is 9.49. The van der Waals surface area contributed by atoms with Gasteiger partial charge in [0.05, 0.1) is 18.5 Å². The van der Waals surface area contributed by atoms with Crippen LogP contribution in [0.25, 0.3) is 0 Å². The van der Waals surface area contributed by atoms with Crippen LogP contribution in [0.15, 0.2) is 17.4 Å². The number of carbonyl (C=O) groups excluding carboxylic acids is 2. The average molecular weight is 434 g/mol. The van der Waals surface area contributed by atoms with Crippen molar-refractivity contribution in [3.63, 3.8) is 0 Å². The Balaban J connectivity index is 1.67. The van der Waals surface area contributed by atoms with Crippen molar-refractivity contribution >= 4 is 24.0 Å². The molecule has 1 heterocycles. The molecule has 1 spiro atoms. The van der Waals surface area contributed by atoms with Gasteiger partial charge in [0.25, 0.3) is 0 Å². The van der Waals surface area contributed by atoms with Gasteiger partial charge in [-0.25, -0.2) is 19.8 Å². The Morgan fingerprint density at radius 1 is 1.19 bits per heavy atom. The van der Waals surface area contributed by atoms with Gasteiger partial charge in [-0.2, -0.15) is 5.10 Å². The number of aryl methyl sites for hydroxylation is 1. The van der Waals surface area contributed by atoms with Gasteiger partial charge < -0.3 is 19.9 Å². The van der Waals surface area contributed by atoms with E-state index >= 15 is 0 Å². The van der Waals surface area contributed by atoms with Crippen LogP contribution in [0.1, 0.15) is 57.7 Å². The molecule has 10 nitrogen and oxygen atoms in total. The number of hydrogen-bond acceptors (Lipinski definition) is 6. The summed E-state index contributed by atoms with van der Waals surface area (Å²) in [5.41, 5.74) is 3.62. The molecule has 2 saturated carbocycles. The second-order valence-corrected chi connectivity index (χ2v) is 9.46. The SMILES string of the molecule is COC(=O)N/N=C(/c1c(C)ccn1C(=O)O)C1CC2(CC(NC(=O)OC(C)(C)C)C2)C1. The van der Waals surface area contributed by atoms with E-state index in [1.165, 1.54) is 13.3 Å². The van der Waals surface area contributed by atoms with Gasteiger partial charge in [-0.3, -0.25) is 4.57 Å². The smallest absolute Gasteiger partial charge is 0.427 e. The molecule has 2 amide bonds. The Morgan fingerprint density at radius 2 is 1.84 bits per heavy atom. The molecule has 0 aromatic carbocycles. The summed E-state index contributed by atoms with van der Waals surface area (Å²) in [4.78, 5) is 35.1. The zero-order chi connectivity index (χ0) is 23.0. The third-order valence-corrected chi connectivity index (χ3v) is 5.81. The normalized spacial score (nSPS) is 25.3. The third kappa shape index (κ3) is 5.00. The summed E-state index contributed by atoms with van der Waals surface area (Å²) >= 11 is 0. The first-order chi connectivity index (χ1) is 14.4. The van der Waals surface area contributed by atoms with Crippen molar-refractivity contribution in [2.24, 2.45) is 16.4 Å². The lowest BCUT2D eigenvalue weighted by molar-refractivity contribution is -0.0294. The number of alkyl carbamates (subject to hydrolysis) is 1. The van der Waals surface area contributed by atoms with Crippen LogP contribution in [0.3, 0.4) is 0 Å². The molecule has 0 radical (unpaired) electrons. The number of aromatic nitrogens is 1. The van der Waals surface area contributed by atoms with Crippen LogP contribution in [0.5, 0.6) is 0 Å². The van der Waals surface area contributed by atoms with Crippen molar-refractivity contribution in [2.75, 3.05) is 7.11 Å². The first-order valence-corrected chi connectivity index (χ1v) is 10.3. The van der Waals surface area contributed by atoms with Gasteiger partial charge in [-0.1, -0.05) is 0 Å². The Labute approximate surface area is 181 Å². The summed E-state index contributed by atoms with van der Waals surface area (Å²) < 4.78 is 11.0. The summed E-state index contributed by atoms with van der Waals surface area (Å²) in [5, 5.41) is 16.6. The molecular formula is C21H30N4O6. The predicted octanol–water partition coefficient (Wildman–Crippen LogP) is 3.47. The predicted molar refractivity (Wildman–Crippen MR) is 112 cm³/mol. The van der Waals surface area contributed by atoms with Crippen LogP contribution < -0.4 is 10.7 Å². The second-order valence-electron chi connectivity index (χ2n) is 9.46. The van der Waals surface area contributed by atoms with E-state index in [0.29, 0.717) is 11.4 Å². The number of ether oxygens (including phenoxy) is 2. The lowest BCUT2D eigenvalue weighted by Crippen LogP contribution is -2.58. The molecule has 2 aliphatic carbocycles. The highest BCUT2D eigenvalue weighted by atomic mass is 16.6. The van der Waals surface area contributed by atoms with Gasteiger partial charge in [0.1, 0.15) is 5.60 Å². The van der Waals surface area contributed by atoms with Crippen LogP contribution in [-0.2, 0) is 9.47 Å². The Bertz CT molecular complexity index is 899. The zero-order valence-corrected chi connectivity index (χ0v) is 18.5. The zero-order valence-electron chi connectivity index (χ0n) is 18.5. The van der Waals surface area contributed by atoms with Crippen LogP contribution >= 0.6 is 0 Å². The number of hydrazone groups is 1. The molecular weight excluding hydrogens is 404 g/mol. The van der Waals surface area contributed by atoms with Crippen LogP contribution in [0.2, 0.25) is 0 Å². The number of methoxy groups -OCH3 is 1. The molecule has 0 unspecified atom stereocenters. The lowest BCUT2D eigenvalue weighted by Gasteiger charge is -2.57. The van der Waals surface area contributed by atoms with E-state index < -0.39 is 23.9 Å². The van der Waals surface area contributed by atoms with E-state index in [9.17, 15) is 19.5 Å². The molecule has 3 rings (SSSR count). The standard InChI is InChI=1S/C21H30N4O6/c1-12-6-7-25(19(28)29)16(12)15(23-24-18(27)30-5)13-8-21(9-13)10-14(11-21)22-17(26)31-20(2,3)4/h6-7,13-14H,8-11H2,1-5H3,(H,22,26)(H,24,27)(H,28,29)/b23-15+. The second kappa shape index (κ2) is 8.24. The average Bonchev–Trinajstić information content (AvgIpc) is 2.97. The van der Waals surface area contributed by atoms with Gasteiger partial charge in [0.2, 0.25) is 0 Å². The quantitative estimate of drug-likeness (QED) is 0.491. The van der Waals surface area contributed by atoms with Crippen molar-refractivity contribution in [3.05, 3.63) is 23.5 Å². The van der Waals surface area contributed by atoms with Crippen molar-refractivity contribution in [1.82, 2.24) is 15.3 Å². The molecule has 0 atom stereocenters. The molecule has 170 valence electrons. The largest absolute Gasteiger partial charge is 0.464 e. The van der Waals surface area contributed by atoms with Gasteiger partial charge in [-0.05, 0) is 70.4 Å². The first kappa shape index (κ1) is 22.6. The fourth-order valence-corrected chi connectivity index (χ4v) is 4.58. The van der Waals surface area contributed by atoms with Gasteiger partial charge in [0, 0.05) is 18.2 Å². The summed E-state index contributed by atoms with van der Waals surface area (Å²) in [6.45, 7) is 7.28. The molecule has 2 aliphatic rings. The summed E-state index contributed by atoms with van der Waals surface area (Å²) in [6, 6.07) is 1.77. The van der Waals surface area contributed by atoms with Crippen molar-refractivity contribution < 1.29 is 29.0 Å². The molecule has 2 fully saturated rings. The van der Waals surface area contributed by atoms with Gasteiger partial charge in [0.15, 0.2) is 0 Å². The van der Waals surface area contributed by atoms with Crippen LogP contribution in [-0.4, -0.2) is 52.4 Å². The number of rotatable bonds is 4. The summed E-state index contributed by atoms with van der Waals surface area (Å²) in [6.07, 6.45) is 2.48. The van der Waals surface area contributed by atoms with E-state index in [2.05, 4.69) is 20.6 Å². The molecule has 0 saturated heterocycles. The number of carboxylic acid groups (broad SMARTS) is 1. The monoisotopic (exact) mass is 434 g/mol. The maximum atomic E-state index is 12.0. The number of nitrogens with zero attached hydrogens (tertiary/aromatic N) is 2. The number of carbonyl (C=O) groups is 3. The minimum Gasteiger partial charge on any atom is -0.464 e. The molecule has 0 aliphatic heterocycles. The third-order valence-electron chi connectivity index (χ3n) is 5.81. The molecule has 0 bridgehead atoms. The van der Waals surface area contributed by atoms with Crippen LogP contribution in [0.4, 0.5) is 14.4 Å². The highest BCUT2D eigenvalue weighted by Crippen LogP contribution is 2.59. The molecule has 1 aromatic rings. The highest BCUT2D eigenvalue weighted by Gasteiger charge is 2.55. The highest BCUT2D eigenvalue weighted by molar-refractivity contribution is 6.05. The first-order valence-electron chi connectivity index (χ1n) is 10.3. The Morgan fingerprint density at radius 3 is 2.39 bits per heavy atom. The fourth-order valence-electron chi connectivity index (χ4n) is 4.58. The maximum Gasteiger partial charge on any atom is 0.427 e.